The van der Waals surface area contributed by atoms with Gasteiger partial charge in [0.05, 0.1) is 6.10 Å². The molecule has 0 fully saturated rings. The Morgan fingerprint density at radius 2 is 2.23 bits per heavy atom. The zero-order chi connectivity index (χ0) is 10.5. The maximum Gasteiger partial charge on any atom is 0.366 e. The standard InChI is InChI=1S/C6H10O6S/c1-3-6(8)11-12-13(9,10)4-5(2)7/h3,5,7H,1,4H2,2H3. The lowest BCUT2D eigenvalue weighted by molar-refractivity contribution is -0.204. The fourth-order valence-corrected chi connectivity index (χ4v) is 1.26. The number of carbonyl (C=O) groups is 1. The summed E-state index contributed by atoms with van der Waals surface area (Å²) in [7, 11) is -4.03. The molecule has 0 aliphatic rings. The van der Waals surface area contributed by atoms with Gasteiger partial charge in [-0.25, -0.2) is 4.79 Å². The van der Waals surface area contributed by atoms with E-state index in [2.05, 4.69) is 15.8 Å². The average Bonchev–Trinajstić information content (AvgIpc) is 1.98. The number of hydrogen-bond donors (Lipinski definition) is 1. The van der Waals surface area contributed by atoms with Crippen molar-refractivity contribution in [3.63, 3.8) is 0 Å². The van der Waals surface area contributed by atoms with E-state index >= 15 is 0 Å². The molecule has 0 amide bonds. The van der Waals surface area contributed by atoms with Crippen LogP contribution in [0.2, 0.25) is 0 Å². The minimum Gasteiger partial charge on any atom is -0.392 e. The van der Waals surface area contributed by atoms with E-state index in [1.807, 2.05) is 0 Å². The Kier molecular flexibility index (Phi) is 4.60. The van der Waals surface area contributed by atoms with Crippen molar-refractivity contribution in [3.05, 3.63) is 12.7 Å². The van der Waals surface area contributed by atoms with Gasteiger partial charge in [-0.3, -0.25) is 4.89 Å². The minimum atomic E-state index is -4.03. The molecule has 76 valence electrons. The van der Waals surface area contributed by atoms with Crippen LogP contribution in [0.15, 0.2) is 12.7 Å². The maximum absolute atomic E-state index is 10.8. The first-order valence-electron chi connectivity index (χ1n) is 3.30. The van der Waals surface area contributed by atoms with Crippen molar-refractivity contribution in [2.75, 3.05) is 5.75 Å². The molecule has 1 atom stereocenters. The zero-order valence-corrected chi connectivity index (χ0v) is 7.78. The van der Waals surface area contributed by atoms with E-state index in [1.54, 1.807) is 0 Å². The Morgan fingerprint density at radius 3 is 2.62 bits per heavy atom. The molecule has 7 heteroatoms. The van der Waals surface area contributed by atoms with Crippen LogP contribution in [0.1, 0.15) is 6.92 Å². The average molecular weight is 210 g/mol. The van der Waals surface area contributed by atoms with E-state index in [4.69, 9.17) is 5.11 Å². The highest BCUT2D eigenvalue weighted by Gasteiger charge is 2.17. The van der Waals surface area contributed by atoms with E-state index in [9.17, 15) is 13.2 Å². The molecule has 0 aromatic heterocycles. The molecule has 0 saturated heterocycles. The number of hydrogen-bond acceptors (Lipinski definition) is 6. The Balaban J connectivity index is 4.04. The molecule has 0 aromatic rings. The van der Waals surface area contributed by atoms with Gasteiger partial charge in [-0.2, -0.15) is 8.42 Å². The molecule has 1 unspecified atom stereocenters. The van der Waals surface area contributed by atoms with Crippen molar-refractivity contribution in [1.29, 1.82) is 0 Å². The van der Waals surface area contributed by atoms with Gasteiger partial charge in [0.25, 0.3) is 0 Å². The Labute approximate surface area is 75.8 Å². The molecule has 0 heterocycles. The summed E-state index contributed by atoms with van der Waals surface area (Å²) in [5, 5.41) is 8.69. The summed E-state index contributed by atoms with van der Waals surface area (Å²) >= 11 is 0. The maximum atomic E-state index is 10.8. The smallest absolute Gasteiger partial charge is 0.366 e. The summed E-state index contributed by atoms with van der Waals surface area (Å²) in [6.45, 7) is 4.28. The number of rotatable bonds is 5. The molecule has 1 N–H and O–H groups in total. The Bertz CT molecular complexity index is 277. The van der Waals surface area contributed by atoms with Gasteiger partial charge in [-0.15, -0.1) is 0 Å². The molecule has 0 spiro atoms. The summed E-state index contributed by atoms with van der Waals surface area (Å²) < 4.78 is 25.3. The van der Waals surface area contributed by atoms with Crippen LogP contribution in [0.3, 0.4) is 0 Å². The molecule has 0 rings (SSSR count). The van der Waals surface area contributed by atoms with Gasteiger partial charge in [0.1, 0.15) is 5.75 Å². The van der Waals surface area contributed by atoms with E-state index in [-0.39, 0.29) is 0 Å². The summed E-state index contributed by atoms with van der Waals surface area (Å²) in [5.74, 6) is -1.66. The lowest BCUT2D eigenvalue weighted by Gasteiger charge is -2.03. The fourth-order valence-electron chi connectivity index (χ4n) is 0.443. The van der Waals surface area contributed by atoms with Crippen LogP contribution in [0.5, 0.6) is 0 Å². The molecule has 0 saturated carbocycles. The molecular formula is C6H10O6S. The Morgan fingerprint density at radius 1 is 1.69 bits per heavy atom. The second kappa shape index (κ2) is 4.95. The predicted molar refractivity (Wildman–Crippen MR) is 42.8 cm³/mol. The highest BCUT2D eigenvalue weighted by atomic mass is 32.2. The van der Waals surface area contributed by atoms with Gasteiger partial charge in [0, 0.05) is 6.08 Å². The molecule has 0 aliphatic carbocycles. The highest BCUT2D eigenvalue weighted by Crippen LogP contribution is 1.98. The number of aliphatic hydroxyl groups excluding tert-OH is 1. The molecule has 0 bridgehead atoms. The quantitative estimate of drug-likeness (QED) is 0.368. The van der Waals surface area contributed by atoms with E-state index in [1.165, 1.54) is 6.92 Å². The van der Waals surface area contributed by atoms with Crippen molar-refractivity contribution in [2.45, 2.75) is 13.0 Å². The topological polar surface area (TPSA) is 89.9 Å². The van der Waals surface area contributed by atoms with Crippen molar-refractivity contribution >= 4 is 16.1 Å². The first-order chi connectivity index (χ1) is 5.87. The van der Waals surface area contributed by atoms with Crippen molar-refractivity contribution in [3.8, 4) is 0 Å². The van der Waals surface area contributed by atoms with Gasteiger partial charge in [0.15, 0.2) is 0 Å². The van der Waals surface area contributed by atoms with Gasteiger partial charge in [0.2, 0.25) is 0 Å². The van der Waals surface area contributed by atoms with Gasteiger partial charge in [-0.05, 0) is 6.92 Å². The predicted octanol–water partition coefficient (Wildman–Crippen LogP) is -0.642. The van der Waals surface area contributed by atoms with E-state index in [0.29, 0.717) is 0 Å². The molecule has 0 radical (unpaired) electrons. The lowest BCUT2D eigenvalue weighted by atomic mass is 10.5. The summed E-state index contributed by atoms with van der Waals surface area (Å²) in [5.41, 5.74) is 0. The third-order valence-corrected chi connectivity index (χ3v) is 2.00. The van der Waals surface area contributed by atoms with Crippen LogP contribution in [0.4, 0.5) is 0 Å². The molecule has 13 heavy (non-hydrogen) atoms. The lowest BCUT2D eigenvalue weighted by Crippen LogP contribution is -2.21. The van der Waals surface area contributed by atoms with Crippen LogP contribution in [-0.2, 0) is 24.1 Å². The SMILES string of the molecule is C=CC(=O)OOS(=O)(=O)CC(C)O. The van der Waals surface area contributed by atoms with Crippen LogP contribution in [0.25, 0.3) is 0 Å². The molecule has 0 aliphatic heterocycles. The van der Waals surface area contributed by atoms with E-state index < -0.39 is 27.9 Å². The van der Waals surface area contributed by atoms with Crippen LogP contribution < -0.4 is 0 Å². The summed E-state index contributed by atoms with van der Waals surface area (Å²) in [6.07, 6.45) is -0.342. The van der Waals surface area contributed by atoms with Crippen molar-refractivity contribution in [1.82, 2.24) is 0 Å². The second-order valence-electron chi connectivity index (χ2n) is 2.25. The highest BCUT2D eigenvalue weighted by molar-refractivity contribution is 7.86. The first kappa shape index (κ1) is 12.1. The number of aliphatic hydroxyl groups is 1. The van der Waals surface area contributed by atoms with Crippen LogP contribution in [0, 0.1) is 0 Å². The fraction of sp³-hybridized carbons (Fsp3) is 0.500. The van der Waals surface area contributed by atoms with Crippen molar-refractivity contribution < 1.29 is 27.5 Å². The third-order valence-electron chi connectivity index (χ3n) is 0.832. The second-order valence-corrected chi connectivity index (χ2v) is 3.83. The summed E-state index contributed by atoms with van der Waals surface area (Å²) in [6, 6.07) is 0. The van der Waals surface area contributed by atoms with Crippen LogP contribution >= 0.6 is 0 Å². The van der Waals surface area contributed by atoms with Crippen LogP contribution in [-0.4, -0.2) is 31.4 Å². The van der Waals surface area contributed by atoms with Gasteiger partial charge < -0.3 is 5.11 Å². The number of carbonyl (C=O) groups excluding carboxylic acids is 1. The molecule has 6 nitrogen and oxygen atoms in total. The normalized spacial score (nSPS) is 13.4. The van der Waals surface area contributed by atoms with E-state index in [0.717, 1.165) is 6.08 Å². The third kappa shape index (κ3) is 6.26. The van der Waals surface area contributed by atoms with Crippen molar-refractivity contribution in [2.24, 2.45) is 0 Å². The van der Waals surface area contributed by atoms with Gasteiger partial charge in [-0.1, -0.05) is 10.9 Å². The minimum absolute atomic E-state index is 0.641. The molecular weight excluding hydrogens is 200 g/mol. The monoisotopic (exact) mass is 210 g/mol. The first-order valence-corrected chi connectivity index (χ1v) is 4.88. The molecule has 0 aromatic carbocycles. The Hall–Kier alpha value is -0.920. The summed E-state index contributed by atoms with van der Waals surface area (Å²) in [4.78, 5) is 14.2. The zero-order valence-electron chi connectivity index (χ0n) is 6.97. The largest absolute Gasteiger partial charge is 0.392 e. The van der Waals surface area contributed by atoms with Gasteiger partial charge >= 0.3 is 16.1 Å².